The van der Waals surface area contributed by atoms with E-state index in [1.54, 1.807) is 5.57 Å². The van der Waals surface area contributed by atoms with Crippen molar-refractivity contribution in [1.29, 1.82) is 0 Å². The highest BCUT2D eigenvalue weighted by Crippen LogP contribution is 2.63. The van der Waals surface area contributed by atoms with Gasteiger partial charge in [-0.15, -0.1) is 0 Å². The Morgan fingerprint density at radius 1 is 1.15 bits per heavy atom. The second-order valence-corrected chi connectivity index (χ2v) is 9.09. The molecule has 1 aromatic carbocycles. The van der Waals surface area contributed by atoms with Gasteiger partial charge in [0, 0.05) is 17.9 Å². The third-order valence-corrected chi connectivity index (χ3v) is 7.90. The minimum atomic E-state index is -0.197. The minimum Gasteiger partial charge on any atom is -0.501 e. The summed E-state index contributed by atoms with van der Waals surface area (Å²) in [4.78, 5) is 11.1. The maximum atomic E-state index is 11.1. The summed E-state index contributed by atoms with van der Waals surface area (Å²) in [7, 11) is 0. The van der Waals surface area contributed by atoms with Gasteiger partial charge in [-0.25, -0.2) is 0 Å². The lowest BCUT2D eigenvalue weighted by Gasteiger charge is -2.52. The number of ether oxygens (including phenoxy) is 1. The van der Waals surface area contributed by atoms with E-state index in [9.17, 15) is 9.90 Å². The van der Waals surface area contributed by atoms with Gasteiger partial charge in [0.25, 0.3) is 0 Å². The second kappa shape index (κ2) is 6.34. The molecule has 5 rings (SSSR count). The first-order chi connectivity index (χ1) is 13.1. The first-order valence-corrected chi connectivity index (χ1v) is 10.4. The van der Waals surface area contributed by atoms with Crippen LogP contribution >= 0.6 is 0 Å². The number of aliphatic hydroxyl groups excluding tert-OH is 1. The normalized spacial score (nSPS) is 37.6. The van der Waals surface area contributed by atoms with Crippen LogP contribution in [0.5, 0.6) is 0 Å². The van der Waals surface area contributed by atoms with Crippen LogP contribution in [0.4, 0.5) is 0 Å². The van der Waals surface area contributed by atoms with Crippen molar-refractivity contribution in [2.75, 3.05) is 6.61 Å². The molecule has 3 nitrogen and oxygen atoms in total. The van der Waals surface area contributed by atoms with Crippen LogP contribution in [-0.4, -0.2) is 24.1 Å². The average Bonchev–Trinajstić information content (AvgIpc) is 3.02. The molecule has 4 aliphatic rings. The quantitative estimate of drug-likeness (QED) is 0.769. The van der Waals surface area contributed by atoms with Gasteiger partial charge >= 0.3 is 0 Å². The van der Waals surface area contributed by atoms with E-state index in [1.807, 2.05) is 18.4 Å². The molecule has 2 unspecified atom stereocenters. The maximum Gasteiger partial charge on any atom is 0.150 e. The summed E-state index contributed by atoms with van der Waals surface area (Å²) in [6, 6.07) is 8.12. The number of carbonyl (C=O) groups is 1. The van der Waals surface area contributed by atoms with Gasteiger partial charge in [-0.05, 0) is 66.1 Å². The zero-order valence-corrected chi connectivity index (χ0v) is 16.0. The molecular weight excluding hydrogens is 336 g/mol. The van der Waals surface area contributed by atoms with Crippen LogP contribution in [0.2, 0.25) is 0 Å². The number of hydrogen-bond donors (Lipinski definition) is 1. The smallest absolute Gasteiger partial charge is 0.150 e. The highest BCUT2D eigenvalue weighted by atomic mass is 16.5. The van der Waals surface area contributed by atoms with Gasteiger partial charge < -0.3 is 9.84 Å². The van der Waals surface area contributed by atoms with Crippen LogP contribution in [0.15, 0.2) is 47.2 Å². The van der Waals surface area contributed by atoms with E-state index in [1.165, 1.54) is 23.1 Å². The molecule has 0 aromatic heterocycles. The van der Waals surface area contributed by atoms with Gasteiger partial charge in [0.05, 0.1) is 19.0 Å². The molecular formula is C24H28O3. The highest BCUT2D eigenvalue weighted by molar-refractivity contribution is 5.74. The number of benzene rings is 1. The number of fused-ring (bicyclic) bond motifs is 4. The predicted molar refractivity (Wildman–Crippen MR) is 104 cm³/mol. The molecule has 2 fully saturated rings. The number of aliphatic hydroxyl groups is 1. The van der Waals surface area contributed by atoms with E-state index >= 15 is 0 Å². The molecule has 0 amide bonds. The monoisotopic (exact) mass is 364 g/mol. The van der Waals surface area contributed by atoms with Gasteiger partial charge in [0.1, 0.15) is 6.29 Å². The summed E-state index contributed by atoms with van der Waals surface area (Å²) in [6.07, 6.45) is 9.06. The number of rotatable bonds is 2. The molecule has 1 aromatic rings. The molecule has 0 radical (unpaired) electrons. The van der Waals surface area contributed by atoms with Crippen molar-refractivity contribution in [2.24, 2.45) is 17.3 Å². The van der Waals surface area contributed by atoms with Gasteiger partial charge in [0.2, 0.25) is 0 Å². The van der Waals surface area contributed by atoms with Crippen LogP contribution in [-0.2, 0) is 4.74 Å². The summed E-state index contributed by atoms with van der Waals surface area (Å²) in [5, 5.41) is 10.9. The molecule has 1 heterocycles. The van der Waals surface area contributed by atoms with E-state index in [0.717, 1.165) is 50.6 Å². The van der Waals surface area contributed by atoms with Crippen LogP contribution < -0.4 is 0 Å². The summed E-state index contributed by atoms with van der Waals surface area (Å²) < 4.78 is 5.64. The van der Waals surface area contributed by atoms with Crippen LogP contribution in [0.3, 0.4) is 0 Å². The zero-order valence-electron chi connectivity index (χ0n) is 16.0. The Labute approximate surface area is 161 Å². The number of carbonyl (C=O) groups excluding carboxylic acids is 1. The van der Waals surface area contributed by atoms with Crippen LogP contribution in [0.25, 0.3) is 0 Å². The lowest BCUT2D eigenvalue weighted by molar-refractivity contribution is -0.00330. The van der Waals surface area contributed by atoms with Crippen molar-refractivity contribution in [2.45, 2.75) is 57.5 Å². The Kier molecular flexibility index (Phi) is 4.05. The molecule has 0 spiro atoms. The van der Waals surface area contributed by atoms with Crippen molar-refractivity contribution in [3.63, 3.8) is 0 Å². The average molecular weight is 364 g/mol. The van der Waals surface area contributed by atoms with Crippen molar-refractivity contribution >= 4 is 6.29 Å². The number of hydrogen-bond acceptors (Lipinski definition) is 3. The molecule has 3 heteroatoms. The predicted octanol–water partition coefficient (Wildman–Crippen LogP) is 4.77. The third-order valence-electron chi connectivity index (χ3n) is 7.90. The lowest BCUT2D eigenvalue weighted by atomic mass is 9.53. The highest BCUT2D eigenvalue weighted by Gasteiger charge is 2.56. The summed E-state index contributed by atoms with van der Waals surface area (Å²) in [6.45, 7) is 3.09. The molecule has 3 aliphatic carbocycles. The standard InChI is InChI=1S/C24H28O3/c1-24-12-20(16-4-2-15(13-25)3-5-16)23-18-10-11-27-14-17(18)6-7-19(23)21(24)8-9-22(24)26/h2-5,13-14,19-22,26H,6-12H2,1H3/t19?,20-,21?,22+,24+/m1/s1. The van der Waals surface area contributed by atoms with Crippen molar-refractivity contribution in [3.8, 4) is 0 Å². The molecule has 27 heavy (non-hydrogen) atoms. The SMILES string of the molecule is C[C@]12C[C@H](c3ccc(C=O)cc3)C3=C4CCOC=C4CCC3C1CC[C@@H]2O. The third kappa shape index (κ3) is 2.55. The molecule has 0 saturated heterocycles. The second-order valence-electron chi connectivity index (χ2n) is 9.09. The molecule has 1 N–H and O–H groups in total. The first-order valence-electron chi connectivity index (χ1n) is 10.4. The number of aldehydes is 1. The summed E-state index contributed by atoms with van der Waals surface area (Å²) >= 11 is 0. The fourth-order valence-corrected chi connectivity index (χ4v) is 6.51. The minimum absolute atomic E-state index is 0.00485. The zero-order chi connectivity index (χ0) is 18.6. The topological polar surface area (TPSA) is 46.5 Å². The van der Waals surface area contributed by atoms with E-state index in [-0.39, 0.29) is 11.5 Å². The maximum absolute atomic E-state index is 11.1. The Morgan fingerprint density at radius 3 is 2.74 bits per heavy atom. The molecule has 1 aliphatic heterocycles. The van der Waals surface area contributed by atoms with Crippen LogP contribution in [0.1, 0.15) is 67.3 Å². The molecule has 2 saturated carbocycles. The summed E-state index contributed by atoms with van der Waals surface area (Å²) in [5.74, 6) is 1.49. The van der Waals surface area contributed by atoms with Crippen molar-refractivity contribution in [1.82, 2.24) is 0 Å². The van der Waals surface area contributed by atoms with Crippen molar-refractivity contribution < 1.29 is 14.6 Å². The fourth-order valence-electron chi connectivity index (χ4n) is 6.51. The first kappa shape index (κ1) is 17.2. The Bertz CT molecular complexity index is 819. The fraction of sp³-hybridized carbons (Fsp3) is 0.542. The van der Waals surface area contributed by atoms with E-state index in [4.69, 9.17) is 4.74 Å². The molecule has 142 valence electrons. The number of allylic oxidation sites excluding steroid dienone is 2. The van der Waals surface area contributed by atoms with Crippen LogP contribution in [0, 0.1) is 17.3 Å². The Morgan fingerprint density at radius 2 is 1.96 bits per heavy atom. The van der Waals surface area contributed by atoms with E-state index < -0.39 is 0 Å². The van der Waals surface area contributed by atoms with Gasteiger partial charge in [-0.1, -0.05) is 36.8 Å². The van der Waals surface area contributed by atoms with Gasteiger partial charge in [-0.2, -0.15) is 0 Å². The molecule has 5 atom stereocenters. The van der Waals surface area contributed by atoms with Crippen molar-refractivity contribution in [3.05, 3.63) is 58.4 Å². The Balaban J connectivity index is 1.66. The Hall–Kier alpha value is -1.87. The summed E-state index contributed by atoms with van der Waals surface area (Å²) in [5.41, 5.74) is 6.55. The van der Waals surface area contributed by atoms with E-state index in [2.05, 4.69) is 19.1 Å². The van der Waals surface area contributed by atoms with Gasteiger partial charge in [0.15, 0.2) is 0 Å². The lowest BCUT2D eigenvalue weighted by Crippen LogP contribution is -2.45. The largest absolute Gasteiger partial charge is 0.501 e. The van der Waals surface area contributed by atoms with E-state index in [0.29, 0.717) is 17.8 Å². The molecule has 0 bridgehead atoms. The van der Waals surface area contributed by atoms with Gasteiger partial charge in [-0.3, -0.25) is 4.79 Å².